The van der Waals surface area contributed by atoms with Gasteiger partial charge in [-0.3, -0.25) is 0 Å². The van der Waals surface area contributed by atoms with Gasteiger partial charge in [0.05, 0.1) is 0 Å². The van der Waals surface area contributed by atoms with Crippen molar-refractivity contribution in [2.24, 2.45) is 0 Å². The molecule has 0 aromatic heterocycles. The summed E-state index contributed by atoms with van der Waals surface area (Å²) < 4.78 is 0. The molecule has 0 heterocycles. The monoisotopic (exact) mass is 294 g/mol. The summed E-state index contributed by atoms with van der Waals surface area (Å²) in [6.07, 6.45) is 0. The first-order valence-electron chi connectivity index (χ1n) is 3.37. The molecule has 0 atom stereocenters. The van der Waals surface area contributed by atoms with Crippen LogP contribution in [0.3, 0.4) is 0 Å². The van der Waals surface area contributed by atoms with E-state index in [1.807, 2.05) is 0 Å². The Morgan fingerprint density at radius 1 is 0.727 bits per heavy atom. The maximum atomic E-state index is 4.26. The van der Waals surface area contributed by atoms with E-state index in [0.717, 1.165) is 23.0 Å². The molecule has 0 unspecified atom stereocenters. The van der Waals surface area contributed by atoms with Crippen LogP contribution in [-0.2, 0) is 0 Å². The van der Waals surface area contributed by atoms with E-state index < -0.39 is 0 Å². The van der Waals surface area contributed by atoms with Crippen LogP contribution in [0.15, 0.2) is 0 Å². The number of hydrogen-bond acceptors (Lipinski definition) is 4. The average Bonchev–Trinajstić information content (AvgIpc) is 2.07. The Morgan fingerprint density at radius 3 is 1.18 bits per heavy atom. The third-order valence-electron chi connectivity index (χ3n) is 1.20. The molecule has 68 valence electrons. The van der Waals surface area contributed by atoms with Gasteiger partial charge in [-0.15, -0.1) is 0 Å². The van der Waals surface area contributed by atoms with Gasteiger partial charge in [0.15, 0.2) is 0 Å². The van der Waals surface area contributed by atoms with Gasteiger partial charge in [-0.25, -0.2) is 0 Å². The van der Waals surface area contributed by atoms with Crippen LogP contribution in [0.5, 0.6) is 0 Å². The molecule has 0 bridgehead atoms. The summed E-state index contributed by atoms with van der Waals surface area (Å²) in [6.45, 7) is 0. The van der Waals surface area contributed by atoms with Crippen molar-refractivity contribution < 1.29 is 0 Å². The van der Waals surface area contributed by atoms with E-state index in [2.05, 4.69) is 50.5 Å². The number of thiol groups is 4. The van der Waals surface area contributed by atoms with Crippen LogP contribution in [0.4, 0.5) is 0 Å². The number of hydrogen-bond donors (Lipinski definition) is 4. The Morgan fingerprint density at radius 2 is 1.00 bits per heavy atom. The predicted octanol–water partition coefficient (Wildman–Crippen LogP) is 1.99. The van der Waals surface area contributed by atoms with Crippen molar-refractivity contribution in [2.75, 3.05) is 23.0 Å². The van der Waals surface area contributed by atoms with Crippen LogP contribution in [0, 0.1) is 0 Å². The molecule has 0 radical (unpaired) electrons. The van der Waals surface area contributed by atoms with Gasteiger partial charge in [-0.1, -0.05) is 0 Å². The second kappa shape index (κ2) is 8.51. The molecule has 0 rings (SSSR count). The minimum absolute atomic E-state index is 0.604. The summed E-state index contributed by atoms with van der Waals surface area (Å²) in [6, 6.07) is 0. The second-order valence-corrected chi connectivity index (χ2v) is 6.94. The Bertz CT molecular complexity index is 72.7. The van der Waals surface area contributed by atoms with Gasteiger partial charge in [0, 0.05) is 0 Å². The zero-order valence-electron chi connectivity index (χ0n) is 6.18. The molecule has 0 saturated carbocycles. The molecule has 0 aliphatic carbocycles. The quantitative estimate of drug-likeness (QED) is 0.418. The van der Waals surface area contributed by atoms with E-state index >= 15 is 0 Å². The average molecular weight is 293 g/mol. The summed E-state index contributed by atoms with van der Waals surface area (Å²) in [5, 5.41) is 0. The van der Waals surface area contributed by atoms with E-state index in [1.54, 1.807) is 0 Å². The van der Waals surface area contributed by atoms with E-state index in [-0.39, 0.29) is 0 Å². The van der Waals surface area contributed by atoms with Crippen LogP contribution < -0.4 is 0 Å². The van der Waals surface area contributed by atoms with Gasteiger partial charge in [-0.05, 0) is 0 Å². The van der Waals surface area contributed by atoms with E-state index in [1.165, 1.54) is 0 Å². The number of rotatable bonds is 6. The van der Waals surface area contributed by atoms with Crippen molar-refractivity contribution in [3.05, 3.63) is 0 Å². The van der Waals surface area contributed by atoms with E-state index in [9.17, 15) is 0 Å². The van der Waals surface area contributed by atoms with Crippen molar-refractivity contribution in [2.45, 2.75) is 9.63 Å². The Labute approximate surface area is 97.5 Å². The van der Waals surface area contributed by atoms with Crippen LogP contribution in [0.1, 0.15) is 0 Å². The van der Waals surface area contributed by atoms with Crippen molar-refractivity contribution in [1.82, 2.24) is 0 Å². The molecule has 11 heavy (non-hydrogen) atoms. The van der Waals surface area contributed by atoms with Crippen molar-refractivity contribution in [1.29, 1.82) is 0 Å². The maximum absolute atomic E-state index is 4.26. The Kier molecular flexibility index (Phi) is 10.0. The molecule has 0 aliphatic heterocycles. The summed E-state index contributed by atoms with van der Waals surface area (Å²) >= 11 is 17.7. The molecule has 0 saturated heterocycles. The van der Waals surface area contributed by atoms with Crippen LogP contribution in [0.25, 0.3) is 0 Å². The van der Waals surface area contributed by atoms with Crippen LogP contribution in [0.2, 0.25) is 9.63 Å². The normalized spacial score (nSPS) is 11.5. The molecule has 0 fully saturated rings. The molecule has 0 aliphatic rings. The van der Waals surface area contributed by atoms with Gasteiger partial charge < -0.3 is 0 Å². The van der Waals surface area contributed by atoms with Gasteiger partial charge in [0.2, 0.25) is 0 Å². The van der Waals surface area contributed by atoms with Crippen molar-refractivity contribution in [3.63, 3.8) is 0 Å². The van der Waals surface area contributed by atoms with Crippen LogP contribution >= 0.6 is 50.5 Å². The van der Waals surface area contributed by atoms with Gasteiger partial charge >= 0.3 is 98.1 Å². The fourth-order valence-corrected chi connectivity index (χ4v) is 5.14. The van der Waals surface area contributed by atoms with Crippen molar-refractivity contribution in [3.8, 4) is 0 Å². The molecule has 0 aromatic carbocycles. The molecule has 0 N–H and O–H groups in total. The van der Waals surface area contributed by atoms with Crippen LogP contribution in [-0.4, -0.2) is 38.0 Å². The molecule has 5 heteroatoms. The molecule has 0 nitrogen and oxygen atoms in total. The van der Waals surface area contributed by atoms with Gasteiger partial charge in [0.1, 0.15) is 0 Å². The SMILES string of the molecule is SCC(CS)[Se]C(CS)CS. The van der Waals surface area contributed by atoms with Crippen molar-refractivity contribution >= 4 is 65.5 Å². The van der Waals surface area contributed by atoms with Gasteiger partial charge in [0.25, 0.3) is 0 Å². The summed E-state index contributed by atoms with van der Waals surface area (Å²) in [4.78, 5) is 1.36. The first-order chi connectivity index (χ1) is 5.28. The molecule has 0 aromatic rings. The fourth-order valence-electron chi connectivity index (χ4n) is 0.560. The summed E-state index contributed by atoms with van der Waals surface area (Å²) in [5.74, 6) is 3.78. The predicted molar refractivity (Wildman–Crippen MR) is 68.7 cm³/mol. The second-order valence-electron chi connectivity index (χ2n) is 2.11. The third kappa shape index (κ3) is 6.05. The zero-order chi connectivity index (χ0) is 8.69. The Hall–Kier alpha value is 1.92. The molecular formula is C6H14S4Se. The van der Waals surface area contributed by atoms with E-state index in [0.29, 0.717) is 24.6 Å². The first kappa shape index (κ1) is 12.9. The standard InChI is InChI=1S/C6H14S4Se/c7-1-5(2-8)11-6(3-9)4-10/h5-10H,1-4H2. The molecule has 0 amide bonds. The first-order valence-corrected chi connectivity index (χ1v) is 7.88. The van der Waals surface area contributed by atoms with Gasteiger partial charge in [-0.2, -0.15) is 0 Å². The molecule has 0 spiro atoms. The van der Waals surface area contributed by atoms with E-state index in [4.69, 9.17) is 0 Å². The Balaban J connectivity index is 3.58. The third-order valence-corrected chi connectivity index (χ3v) is 8.20. The summed E-state index contributed by atoms with van der Waals surface area (Å²) in [5.41, 5.74) is 0. The topological polar surface area (TPSA) is 0 Å². The fraction of sp³-hybridized carbons (Fsp3) is 1.00. The minimum atomic E-state index is 0.604. The zero-order valence-corrected chi connectivity index (χ0v) is 11.5. The summed E-state index contributed by atoms with van der Waals surface area (Å²) in [7, 11) is 0. The molecular weight excluding hydrogens is 279 g/mol.